The molecule has 0 aliphatic heterocycles. The largest absolute Gasteiger partial charge is 0.465 e. The van der Waals surface area contributed by atoms with E-state index in [9.17, 15) is 9.59 Å². The van der Waals surface area contributed by atoms with E-state index in [2.05, 4.69) is 6.07 Å². The summed E-state index contributed by atoms with van der Waals surface area (Å²) in [4.78, 5) is 22.6. The van der Waals surface area contributed by atoms with E-state index in [1.165, 1.54) is 11.6 Å². The van der Waals surface area contributed by atoms with E-state index in [0.29, 0.717) is 19.3 Å². The molecule has 0 spiro atoms. The molecule has 2 atom stereocenters. The van der Waals surface area contributed by atoms with Gasteiger partial charge in [-0.05, 0) is 31.9 Å². The minimum Gasteiger partial charge on any atom is -0.465 e. The second-order valence-electron chi connectivity index (χ2n) is 4.93. The first-order valence-electron chi connectivity index (χ1n) is 6.51. The lowest BCUT2D eigenvalue weighted by molar-refractivity contribution is -0.147. The molecule has 100 valence electrons. The van der Waals surface area contributed by atoms with E-state index in [1.54, 1.807) is 13.0 Å². The number of aldehydes is 1. The first-order chi connectivity index (χ1) is 9.14. The van der Waals surface area contributed by atoms with Gasteiger partial charge in [0.15, 0.2) is 0 Å². The quantitative estimate of drug-likeness (QED) is 0.463. The van der Waals surface area contributed by atoms with Crippen LogP contribution in [0.25, 0.3) is 0 Å². The van der Waals surface area contributed by atoms with Crippen molar-refractivity contribution in [1.29, 1.82) is 0 Å². The molecule has 0 bridgehead atoms. The maximum Gasteiger partial charge on any atom is 0.316 e. The number of aryl methyl sites for hydroxylation is 1. The Hall–Kier alpha value is -1.90. The third-order valence-corrected chi connectivity index (χ3v) is 3.58. The van der Waals surface area contributed by atoms with Crippen LogP contribution in [0, 0.1) is 12.3 Å². The van der Waals surface area contributed by atoms with Crippen LogP contribution in [0.2, 0.25) is 0 Å². The van der Waals surface area contributed by atoms with E-state index in [1.807, 2.05) is 25.1 Å². The van der Waals surface area contributed by atoms with E-state index in [4.69, 9.17) is 4.74 Å². The van der Waals surface area contributed by atoms with Gasteiger partial charge in [-0.15, -0.1) is 0 Å². The molecule has 1 aliphatic carbocycles. The topological polar surface area (TPSA) is 43.4 Å². The molecule has 0 aromatic heterocycles. The first-order valence-corrected chi connectivity index (χ1v) is 6.51. The van der Waals surface area contributed by atoms with Gasteiger partial charge in [0.2, 0.25) is 0 Å². The summed E-state index contributed by atoms with van der Waals surface area (Å²) in [5, 5.41) is 0. The Morgan fingerprint density at radius 3 is 2.95 bits per heavy atom. The molecule has 0 amide bonds. The zero-order chi connectivity index (χ0) is 13.9. The van der Waals surface area contributed by atoms with Crippen LogP contribution >= 0.6 is 0 Å². The Labute approximate surface area is 113 Å². The van der Waals surface area contributed by atoms with Crippen molar-refractivity contribution >= 4 is 12.3 Å². The highest BCUT2D eigenvalue weighted by atomic mass is 16.5. The van der Waals surface area contributed by atoms with Crippen molar-refractivity contribution in [1.82, 2.24) is 0 Å². The maximum absolute atomic E-state index is 12.1. The fourth-order valence-electron chi connectivity index (χ4n) is 2.54. The summed E-state index contributed by atoms with van der Waals surface area (Å²) in [6.45, 7) is 4.17. The Bertz CT molecular complexity index is 518. The Kier molecular flexibility index (Phi) is 3.84. The highest BCUT2D eigenvalue weighted by Gasteiger charge is 2.59. The number of rotatable bonds is 5. The van der Waals surface area contributed by atoms with Gasteiger partial charge in [-0.3, -0.25) is 9.59 Å². The standard InChI is InChI=1S/C16H18O3/c1-3-19-15(18)16(8-5-9-17)11-14(16)13-7-4-6-12(2)10-13/h4-10,14H,3,11H2,1-2H3/b8-5+/t14-,16+/m1/s1. The molecule has 0 saturated heterocycles. The molecule has 1 aliphatic rings. The second-order valence-corrected chi connectivity index (χ2v) is 4.93. The SMILES string of the molecule is CCOC(=O)[C@@]1(/C=C/C=O)C[C@@H]1c1cccc(C)c1. The molecule has 0 unspecified atom stereocenters. The Morgan fingerprint density at radius 2 is 2.32 bits per heavy atom. The van der Waals surface area contributed by atoms with Crippen molar-refractivity contribution < 1.29 is 14.3 Å². The average molecular weight is 258 g/mol. The predicted molar refractivity (Wildman–Crippen MR) is 72.8 cm³/mol. The third kappa shape index (κ3) is 2.60. The number of hydrogen-bond acceptors (Lipinski definition) is 3. The van der Waals surface area contributed by atoms with Crippen LogP contribution in [-0.4, -0.2) is 18.9 Å². The zero-order valence-electron chi connectivity index (χ0n) is 11.3. The van der Waals surface area contributed by atoms with E-state index in [-0.39, 0.29) is 11.9 Å². The molecule has 1 fully saturated rings. The van der Waals surface area contributed by atoms with Crippen LogP contribution < -0.4 is 0 Å². The van der Waals surface area contributed by atoms with Gasteiger partial charge in [-0.1, -0.05) is 35.9 Å². The van der Waals surface area contributed by atoms with Crippen LogP contribution in [0.3, 0.4) is 0 Å². The number of allylic oxidation sites excluding steroid dienone is 1. The molecule has 0 heterocycles. The Morgan fingerprint density at radius 1 is 1.53 bits per heavy atom. The molecule has 19 heavy (non-hydrogen) atoms. The van der Waals surface area contributed by atoms with Crippen molar-refractivity contribution in [2.45, 2.75) is 26.2 Å². The van der Waals surface area contributed by atoms with Gasteiger partial charge in [0.05, 0.1) is 12.0 Å². The lowest BCUT2D eigenvalue weighted by Crippen LogP contribution is -2.19. The lowest BCUT2D eigenvalue weighted by atomic mass is 9.97. The number of ether oxygens (including phenoxy) is 1. The summed E-state index contributed by atoms with van der Waals surface area (Å²) in [5.41, 5.74) is 1.65. The first kappa shape index (κ1) is 13.5. The molecule has 1 aromatic carbocycles. The fraction of sp³-hybridized carbons (Fsp3) is 0.375. The van der Waals surface area contributed by atoms with Gasteiger partial charge in [0.1, 0.15) is 6.29 Å². The lowest BCUT2D eigenvalue weighted by Gasteiger charge is -2.12. The van der Waals surface area contributed by atoms with Crippen LogP contribution in [0.15, 0.2) is 36.4 Å². The monoisotopic (exact) mass is 258 g/mol. The molecule has 2 rings (SSSR count). The van der Waals surface area contributed by atoms with Crippen molar-refractivity contribution in [2.75, 3.05) is 6.61 Å². The third-order valence-electron chi connectivity index (χ3n) is 3.58. The van der Waals surface area contributed by atoms with Crippen molar-refractivity contribution in [2.24, 2.45) is 5.41 Å². The predicted octanol–water partition coefficient (Wildman–Crippen LogP) is 2.79. The number of benzene rings is 1. The summed E-state index contributed by atoms with van der Waals surface area (Å²) in [6, 6.07) is 8.12. The van der Waals surface area contributed by atoms with Crippen LogP contribution in [0.4, 0.5) is 0 Å². The van der Waals surface area contributed by atoms with Gasteiger partial charge in [0, 0.05) is 5.92 Å². The van der Waals surface area contributed by atoms with Crippen LogP contribution in [-0.2, 0) is 14.3 Å². The minimum atomic E-state index is -0.648. The smallest absolute Gasteiger partial charge is 0.316 e. The van der Waals surface area contributed by atoms with E-state index in [0.717, 1.165) is 5.56 Å². The second kappa shape index (κ2) is 5.39. The van der Waals surface area contributed by atoms with E-state index < -0.39 is 5.41 Å². The number of hydrogen-bond donors (Lipinski definition) is 0. The summed E-state index contributed by atoms with van der Waals surface area (Å²) < 4.78 is 5.14. The molecular weight excluding hydrogens is 240 g/mol. The number of carbonyl (C=O) groups excluding carboxylic acids is 2. The minimum absolute atomic E-state index is 0.114. The van der Waals surface area contributed by atoms with Crippen molar-refractivity contribution in [3.63, 3.8) is 0 Å². The van der Waals surface area contributed by atoms with Gasteiger partial charge >= 0.3 is 5.97 Å². The molecular formula is C16H18O3. The highest BCUT2D eigenvalue weighted by molar-refractivity contribution is 5.86. The zero-order valence-corrected chi connectivity index (χ0v) is 11.3. The number of carbonyl (C=O) groups is 2. The highest BCUT2D eigenvalue weighted by Crippen LogP contribution is 2.61. The van der Waals surface area contributed by atoms with Gasteiger partial charge < -0.3 is 4.74 Å². The Balaban J connectivity index is 2.27. The van der Waals surface area contributed by atoms with Crippen molar-refractivity contribution in [3.05, 3.63) is 47.5 Å². The molecule has 0 radical (unpaired) electrons. The molecule has 1 saturated carbocycles. The normalized spacial score (nSPS) is 25.3. The average Bonchev–Trinajstić information content (AvgIpc) is 3.13. The van der Waals surface area contributed by atoms with E-state index >= 15 is 0 Å². The molecule has 3 heteroatoms. The van der Waals surface area contributed by atoms with Gasteiger partial charge in [0.25, 0.3) is 0 Å². The summed E-state index contributed by atoms with van der Waals surface area (Å²) in [6.07, 6.45) is 4.49. The maximum atomic E-state index is 12.1. The molecule has 3 nitrogen and oxygen atoms in total. The molecule has 1 aromatic rings. The molecule has 0 N–H and O–H groups in total. The van der Waals surface area contributed by atoms with Crippen LogP contribution in [0.1, 0.15) is 30.4 Å². The van der Waals surface area contributed by atoms with Gasteiger partial charge in [-0.25, -0.2) is 0 Å². The van der Waals surface area contributed by atoms with Crippen LogP contribution in [0.5, 0.6) is 0 Å². The fourth-order valence-corrected chi connectivity index (χ4v) is 2.54. The van der Waals surface area contributed by atoms with Crippen molar-refractivity contribution in [3.8, 4) is 0 Å². The summed E-state index contributed by atoms with van der Waals surface area (Å²) in [5.74, 6) is -0.123. The summed E-state index contributed by atoms with van der Waals surface area (Å²) in [7, 11) is 0. The van der Waals surface area contributed by atoms with Gasteiger partial charge in [-0.2, -0.15) is 0 Å². The number of esters is 1. The summed E-state index contributed by atoms with van der Waals surface area (Å²) >= 11 is 0.